The van der Waals surface area contributed by atoms with Gasteiger partial charge in [-0.05, 0) is 12.8 Å². The molecule has 0 rings (SSSR count). The normalized spacial score (nSPS) is 13.1. The van der Waals surface area contributed by atoms with Crippen molar-refractivity contribution in [3.63, 3.8) is 0 Å². The molecule has 212 valence electrons. The molecule has 2 unspecified atom stereocenters. The van der Waals surface area contributed by atoms with Crippen LogP contribution < -0.4 is 0 Å². The number of esters is 2. The molecule has 36 heavy (non-hydrogen) atoms. The molecule has 0 aromatic rings. The lowest BCUT2D eigenvalue weighted by atomic mass is 10.1. The van der Waals surface area contributed by atoms with Crippen molar-refractivity contribution in [3.8, 4) is 0 Å². The molecular formula is C30H56O6. The number of carbonyl (C=O) groups excluding carboxylic acids is 2. The van der Waals surface area contributed by atoms with E-state index in [1.165, 1.54) is 89.9 Å². The van der Waals surface area contributed by atoms with Gasteiger partial charge in [-0.25, -0.2) is 9.59 Å². The minimum absolute atomic E-state index is 0.0767. The fraction of sp³-hybridized carbons (Fsp3) is 0.867. The van der Waals surface area contributed by atoms with Crippen molar-refractivity contribution in [1.82, 2.24) is 0 Å². The minimum atomic E-state index is -0.687. The fourth-order valence-corrected chi connectivity index (χ4v) is 4.14. The fourth-order valence-electron chi connectivity index (χ4n) is 4.14. The standard InChI is InChI=1S/C30H56O6/c1-3-5-7-9-11-13-15-17-19-21-27(31)25-35-29(33)23-24-30(34)36-26-28(32)22-20-18-16-14-12-10-8-6-4-2/h23-24,27-28,31-32H,3-22,25-26H2,1-2H3/b24-23+. The highest BCUT2D eigenvalue weighted by Crippen LogP contribution is 2.13. The Labute approximate surface area is 221 Å². The first-order chi connectivity index (χ1) is 17.5. The summed E-state index contributed by atoms with van der Waals surface area (Å²) in [5, 5.41) is 19.9. The summed E-state index contributed by atoms with van der Waals surface area (Å²) in [4.78, 5) is 23.5. The molecule has 0 fully saturated rings. The average molecular weight is 513 g/mol. The number of hydrogen-bond acceptors (Lipinski definition) is 6. The Morgan fingerprint density at radius 3 is 1.11 bits per heavy atom. The van der Waals surface area contributed by atoms with Crippen LogP contribution in [0.2, 0.25) is 0 Å². The number of hydrogen-bond donors (Lipinski definition) is 2. The molecule has 0 bridgehead atoms. The molecule has 0 saturated heterocycles. The van der Waals surface area contributed by atoms with E-state index in [1.54, 1.807) is 0 Å². The first kappa shape index (κ1) is 34.6. The van der Waals surface area contributed by atoms with E-state index < -0.39 is 24.1 Å². The highest BCUT2D eigenvalue weighted by molar-refractivity contribution is 5.91. The van der Waals surface area contributed by atoms with Gasteiger partial charge < -0.3 is 19.7 Å². The van der Waals surface area contributed by atoms with Crippen LogP contribution in [0.1, 0.15) is 142 Å². The van der Waals surface area contributed by atoms with Gasteiger partial charge in [-0.2, -0.15) is 0 Å². The van der Waals surface area contributed by atoms with Crippen molar-refractivity contribution >= 4 is 11.9 Å². The van der Waals surface area contributed by atoms with Gasteiger partial charge in [0.25, 0.3) is 0 Å². The Hall–Kier alpha value is -1.40. The molecule has 0 aromatic carbocycles. The van der Waals surface area contributed by atoms with E-state index in [2.05, 4.69) is 13.8 Å². The molecule has 0 radical (unpaired) electrons. The zero-order valence-corrected chi connectivity index (χ0v) is 23.4. The van der Waals surface area contributed by atoms with Crippen molar-refractivity contribution < 1.29 is 29.3 Å². The molecule has 6 heteroatoms. The van der Waals surface area contributed by atoms with Crippen molar-refractivity contribution in [2.75, 3.05) is 13.2 Å². The lowest BCUT2D eigenvalue weighted by Gasteiger charge is -2.11. The highest BCUT2D eigenvalue weighted by Gasteiger charge is 2.09. The molecule has 0 aromatic heterocycles. The lowest BCUT2D eigenvalue weighted by molar-refractivity contribution is -0.143. The predicted octanol–water partition coefficient (Wildman–Crippen LogP) is 7.19. The summed E-state index contributed by atoms with van der Waals surface area (Å²) in [6.45, 7) is 4.29. The summed E-state index contributed by atoms with van der Waals surface area (Å²) < 4.78 is 9.99. The SMILES string of the molecule is CCCCCCCCCCCC(O)COC(=O)/C=C/C(=O)OCC(O)CCCCCCCCCCC. The van der Waals surface area contributed by atoms with Crippen LogP contribution in [0.4, 0.5) is 0 Å². The van der Waals surface area contributed by atoms with Gasteiger partial charge in [-0.3, -0.25) is 0 Å². The molecule has 0 saturated carbocycles. The van der Waals surface area contributed by atoms with E-state index in [0.29, 0.717) is 12.8 Å². The van der Waals surface area contributed by atoms with Crippen LogP contribution >= 0.6 is 0 Å². The maximum absolute atomic E-state index is 11.7. The maximum atomic E-state index is 11.7. The number of aliphatic hydroxyl groups is 2. The number of carbonyl (C=O) groups is 2. The average Bonchev–Trinajstić information content (AvgIpc) is 2.87. The van der Waals surface area contributed by atoms with Gasteiger partial charge in [0.05, 0.1) is 12.2 Å². The van der Waals surface area contributed by atoms with Gasteiger partial charge in [0, 0.05) is 12.2 Å². The number of unbranched alkanes of at least 4 members (excludes halogenated alkanes) is 16. The predicted molar refractivity (Wildman–Crippen MR) is 147 cm³/mol. The second-order valence-electron chi connectivity index (χ2n) is 10.1. The zero-order valence-electron chi connectivity index (χ0n) is 23.4. The molecule has 0 amide bonds. The van der Waals surface area contributed by atoms with Gasteiger partial charge in [0.1, 0.15) is 13.2 Å². The maximum Gasteiger partial charge on any atom is 0.331 e. The summed E-state index contributed by atoms with van der Waals surface area (Å²) >= 11 is 0. The Balaban J connectivity index is 3.65. The van der Waals surface area contributed by atoms with Crippen LogP contribution in [0.3, 0.4) is 0 Å². The molecule has 0 aliphatic carbocycles. The van der Waals surface area contributed by atoms with Crippen molar-refractivity contribution in [2.24, 2.45) is 0 Å². The van der Waals surface area contributed by atoms with E-state index in [0.717, 1.165) is 37.8 Å². The van der Waals surface area contributed by atoms with E-state index >= 15 is 0 Å². The second kappa shape index (κ2) is 26.7. The lowest BCUT2D eigenvalue weighted by Crippen LogP contribution is -2.19. The van der Waals surface area contributed by atoms with E-state index in [-0.39, 0.29) is 13.2 Å². The highest BCUT2D eigenvalue weighted by atomic mass is 16.5. The van der Waals surface area contributed by atoms with E-state index in [1.807, 2.05) is 0 Å². The molecule has 0 aliphatic heterocycles. The van der Waals surface area contributed by atoms with E-state index in [4.69, 9.17) is 9.47 Å². The van der Waals surface area contributed by atoms with Gasteiger partial charge in [-0.1, -0.05) is 129 Å². The molecule has 0 heterocycles. The smallest absolute Gasteiger partial charge is 0.331 e. The van der Waals surface area contributed by atoms with Gasteiger partial charge in [0.2, 0.25) is 0 Å². The summed E-state index contributed by atoms with van der Waals surface area (Å²) in [6, 6.07) is 0. The molecule has 6 nitrogen and oxygen atoms in total. The first-order valence-corrected chi connectivity index (χ1v) is 14.9. The Morgan fingerprint density at radius 1 is 0.528 bits per heavy atom. The molecule has 0 spiro atoms. The summed E-state index contributed by atoms with van der Waals surface area (Å²) in [6.07, 6.45) is 23.7. The van der Waals surface area contributed by atoms with Crippen molar-refractivity contribution in [1.29, 1.82) is 0 Å². The van der Waals surface area contributed by atoms with Crippen LogP contribution in [0.25, 0.3) is 0 Å². The summed E-state index contributed by atoms with van der Waals surface area (Å²) in [5.41, 5.74) is 0. The molecule has 0 aliphatic rings. The van der Waals surface area contributed by atoms with Gasteiger partial charge >= 0.3 is 11.9 Å². The first-order valence-electron chi connectivity index (χ1n) is 14.9. The Morgan fingerprint density at radius 2 is 0.806 bits per heavy atom. The van der Waals surface area contributed by atoms with Crippen molar-refractivity contribution in [2.45, 2.75) is 154 Å². The molecule has 2 N–H and O–H groups in total. The van der Waals surface area contributed by atoms with Crippen LogP contribution in [0.5, 0.6) is 0 Å². The Kier molecular flexibility index (Phi) is 25.6. The monoisotopic (exact) mass is 512 g/mol. The second-order valence-corrected chi connectivity index (χ2v) is 10.1. The van der Waals surface area contributed by atoms with Gasteiger partial charge in [0.15, 0.2) is 0 Å². The largest absolute Gasteiger partial charge is 0.460 e. The number of ether oxygens (including phenoxy) is 2. The van der Waals surface area contributed by atoms with Crippen LogP contribution in [-0.4, -0.2) is 47.6 Å². The minimum Gasteiger partial charge on any atom is -0.460 e. The summed E-state index contributed by atoms with van der Waals surface area (Å²) in [7, 11) is 0. The third-order valence-corrected chi connectivity index (χ3v) is 6.47. The zero-order chi connectivity index (χ0) is 26.7. The van der Waals surface area contributed by atoms with Crippen LogP contribution in [0.15, 0.2) is 12.2 Å². The quantitative estimate of drug-likeness (QED) is 0.0723. The van der Waals surface area contributed by atoms with Crippen molar-refractivity contribution in [3.05, 3.63) is 12.2 Å². The Bertz CT molecular complexity index is 488. The van der Waals surface area contributed by atoms with Crippen LogP contribution in [0, 0.1) is 0 Å². The topological polar surface area (TPSA) is 93.1 Å². The summed E-state index contributed by atoms with van der Waals surface area (Å²) in [5.74, 6) is -1.37. The number of aliphatic hydroxyl groups excluding tert-OH is 2. The third-order valence-electron chi connectivity index (χ3n) is 6.47. The molecule has 2 atom stereocenters. The van der Waals surface area contributed by atoms with Gasteiger partial charge in [-0.15, -0.1) is 0 Å². The van der Waals surface area contributed by atoms with E-state index in [9.17, 15) is 19.8 Å². The number of rotatable bonds is 26. The third kappa shape index (κ3) is 25.7. The molecular weight excluding hydrogens is 456 g/mol. The van der Waals surface area contributed by atoms with Crippen LogP contribution in [-0.2, 0) is 19.1 Å².